The first kappa shape index (κ1) is 25.3. The molecule has 0 radical (unpaired) electrons. The first-order valence-corrected chi connectivity index (χ1v) is 12.4. The minimum absolute atomic E-state index is 0.103. The van der Waals surface area contributed by atoms with Gasteiger partial charge < -0.3 is 24.7 Å². The number of carbonyl (C=O) groups is 1. The molecule has 1 aromatic carbocycles. The number of nitrogens with zero attached hydrogens (tertiary/aromatic N) is 4. The first-order chi connectivity index (χ1) is 18.5. The van der Waals surface area contributed by atoms with Crippen LogP contribution in [0.1, 0.15) is 10.4 Å². The van der Waals surface area contributed by atoms with Crippen LogP contribution in [0.3, 0.4) is 0 Å². The summed E-state index contributed by atoms with van der Waals surface area (Å²) >= 11 is 0. The van der Waals surface area contributed by atoms with E-state index in [1.807, 2.05) is 67.7 Å². The lowest BCUT2D eigenvalue weighted by molar-refractivity contribution is 0.0951. The zero-order valence-corrected chi connectivity index (χ0v) is 21.7. The number of rotatable bonds is 10. The minimum Gasteiger partial charge on any atom is -0.489 e. The van der Waals surface area contributed by atoms with Crippen LogP contribution in [0.2, 0.25) is 0 Å². The summed E-state index contributed by atoms with van der Waals surface area (Å²) in [6, 6.07) is 13.5. The molecule has 5 aromatic rings. The van der Waals surface area contributed by atoms with Gasteiger partial charge in [-0.2, -0.15) is 0 Å². The molecule has 0 fully saturated rings. The van der Waals surface area contributed by atoms with Crippen LogP contribution in [-0.4, -0.2) is 78.3 Å². The van der Waals surface area contributed by atoms with E-state index < -0.39 is 0 Å². The third-order valence-electron chi connectivity index (χ3n) is 6.25. The van der Waals surface area contributed by atoms with Gasteiger partial charge in [0.05, 0.1) is 30.2 Å². The molecule has 9 heteroatoms. The van der Waals surface area contributed by atoms with E-state index in [1.165, 1.54) is 0 Å². The molecule has 0 aliphatic heterocycles. The Kier molecular flexibility index (Phi) is 7.57. The largest absolute Gasteiger partial charge is 0.489 e. The van der Waals surface area contributed by atoms with E-state index in [2.05, 4.69) is 25.3 Å². The summed E-state index contributed by atoms with van der Waals surface area (Å²) < 4.78 is 11.3. The van der Waals surface area contributed by atoms with Crippen LogP contribution in [0.4, 0.5) is 0 Å². The molecule has 0 unspecified atom stereocenters. The van der Waals surface area contributed by atoms with Crippen molar-refractivity contribution < 1.29 is 14.3 Å². The molecule has 0 bridgehead atoms. The van der Waals surface area contributed by atoms with Crippen LogP contribution in [0.5, 0.6) is 5.75 Å². The topological polar surface area (TPSA) is 105 Å². The second-order valence-corrected chi connectivity index (χ2v) is 9.18. The first-order valence-electron chi connectivity index (χ1n) is 12.4. The van der Waals surface area contributed by atoms with Crippen molar-refractivity contribution in [1.82, 2.24) is 30.2 Å². The molecule has 38 heavy (non-hydrogen) atoms. The van der Waals surface area contributed by atoms with Crippen LogP contribution in [-0.2, 0) is 4.74 Å². The van der Waals surface area contributed by atoms with Gasteiger partial charge in [-0.1, -0.05) is 12.1 Å². The molecule has 9 nitrogen and oxygen atoms in total. The smallest absolute Gasteiger partial charge is 0.251 e. The van der Waals surface area contributed by atoms with Gasteiger partial charge in [0.1, 0.15) is 18.0 Å². The number of hydrogen-bond acceptors (Lipinski definition) is 7. The van der Waals surface area contributed by atoms with Gasteiger partial charge in [-0.15, -0.1) is 0 Å². The molecule has 0 aliphatic carbocycles. The van der Waals surface area contributed by atoms with Gasteiger partial charge in [-0.3, -0.25) is 14.8 Å². The number of carbonyl (C=O) groups excluding carboxylic acids is 1. The van der Waals surface area contributed by atoms with E-state index in [4.69, 9.17) is 9.47 Å². The highest BCUT2D eigenvalue weighted by Gasteiger charge is 2.19. The predicted octanol–water partition coefficient (Wildman–Crippen LogP) is 4.16. The fraction of sp³-hybridized carbons (Fsp3) is 0.241. The molecule has 5 rings (SSSR count). The monoisotopic (exact) mass is 510 g/mol. The fourth-order valence-corrected chi connectivity index (χ4v) is 4.33. The number of pyridine rings is 3. The van der Waals surface area contributed by atoms with Gasteiger partial charge in [-0.25, -0.2) is 4.98 Å². The van der Waals surface area contributed by atoms with Crippen LogP contribution < -0.4 is 10.1 Å². The lowest BCUT2D eigenvalue weighted by Gasteiger charge is -2.14. The van der Waals surface area contributed by atoms with Crippen molar-refractivity contribution in [3.8, 4) is 28.1 Å². The maximum absolute atomic E-state index is 12.6. The molecule has 0 aliphatic rings. The number of ether oxygens (including phenoxy) is 2. The van der Waals surface area contributed by atoms with Gasteiger partial charge in [-0.05, 0) is 50.0 Å². The number of hydrogen-bond donors (Lipinski definition) is 2. The van der Waals surface area contributed by atoms with E-state index in [-0.39, 0.29) is 5.91 Å². The van der Waals surface area contributed by atoms with Crippen LogP contribution in [0.15, 0.2) is 67.3 Å². The van der Waals surface area contributed by atoms with Gasteiger partial charge in [0.25, 0.3) is 5.91 Å². The molecule has 0 saturated carbocycles. The Balaban J connectivity index is 1.60. The molecule has 0 atom stereocenters. The normalized spacial score (nSPS) is 11.4. The lowest BCUT2D eigenvalue weighted by atomic mass is 9.99. The van der Waals surface area contributed by atoms with Crippen LogP contribution >= 0.6 is 0 Å². The number of methoxy groups -OCH3 is 1. The molecule has 2 N–H and O–H groups in total. The lowest BCUT2D eigenvalue weighted by Crippen LogP contribution is -2.31. The molecular formula is C29H30N6O3. The number of H-pyrrole nitrogens is 1. The zero-order chi connectivity index (χ0) is 26.5. The highest BCUT2D eigenvalue weighted by molar-refractivity contribution is 6.14. The Hall–Kier alpha value is -4.34. The number of aromatic nitrogens is 4. The molecule has 194 valence electrons. The zero-order valence-electron chi connectivity index (χ0n) is 21.7. The molecule has 4 aromatic heterocycles. The van der Waals surface area contributed by atoms with Gasteiger partial charge in [0, 0.05) is 60.1 Å². The number of benzene rings is 1. The number of fused-ring (bicyclic) bond motifs is 3. The van der Waals surface area contributed by atoms with E-state index in [1.54, 1.807) is 25.7 Å². The average Bonchev–Trinajstić information content (AvgIpc) is 3.31. The SMILES string of the molecule is COCCOc1cnc2[nH]c3cnc(-c4cccnc4)cc3c2c1-c1ccc(C(=O)NCCN(C)C)cc1. The summed E-state index contributed by atoms with van der Waals surface area (Å²) in [4.78, 5) is 31.6. The van der Waals surface area contributed by atoms with Crippen molar-refractivity contribution in [2.45, 2.75) is 0 Å². The van der Waals surface area contributed by atoms with E-state index >= 15 is 0 Å². The van der Waals surface area contributed by atoms with Crippen molar-refractivity contribution in [3.05, 3.63) is 72.8 Å². The number of nitrogens with one attached hydrogen (secondary N) is 2. The maximum Gasteiger partial charge on any atom is 0.251 e. The Morgan fingerprint density at radius 2 is 1.87 bits per heavy atom. The van der Waals surface area contributed by atoms with Gasteiger partial charge in [0.2, 0.25) is 0 Å². The van der Waals surface area contributed by atoms with Crippen molar-refractivity contribution in [1.29, 1.82) is 0 Å². The summed E-state index contributed by atoms with van der Waals surface area (Å²) in [6.07, 6.45) is 7.07. The Bertz CT molecular complexity index is 1550. The molecule has 0 saturated heterocycles. The Labute approximate surface area is 220 Å². The minimum atomic E-state index is -0.103. The Morgan fingerprint density at radius 1 is 1.03 bits per heavy atom. The van der Waals surface area contributed by atoms with Crippen molar-refractivity contribution >= 4 is 27.8 Å². The summed E-state index contributed by atoms with van der Waals surface area (Å²) in [5, 5.41) is 4.85. The molecule has 4 heterocycles. The van der Waals surface area contributed by atoms with E-state index in [0.717, 1.165) is 50.9 Å². The average molecular weight is 511 g/mol. The summed E-state index contributed by atoms with van der Waals surface area (Å²) in [5.74, 6) is 0.535. The third-order valence-corrected chi connectivity index (χ3v) is 6.25. The van der Waals surface area contributed by atoms with Crippen molar-refractivity contribution in [2.75, 3.05) is 47.5 Å². The summed E-state index contributed by atoms with van der Waals surface area (Å²) in [7, 11) is 5.59. The number of aromatic amines is 1. The third kappa shape index (κ3) is 5.34. The standard InChI is InChI=1S/C29H30N6O3/c1-35(2)12-11-31-29(36)20-8-6-19(7-9-20)26-25(38-14-13-37-3)18-33-28-27(26)22-15-23(32-17-24(22)34-28)21-5-4-10-30-16-21/h4-10,15-18H,11-14H2,1-3H3,(H,31,36)(H,33,34). The quantitative estimate of drug-likeness (QED) is 0.272. The van der Waals surface area contributed by atoms with Gasteiger partial charge in [0.15, 0.2) is 0 Å². The second-order valence-electron chi connectivity index (χ2n) is 9.18. The number of amides is 1. The second kappa shape index (κ2) is 11.4. The van der Waals surface area contributed by atoms with E-state index in [0.29, 0.717) is 31.1 Å². The van der Waals surface area contributed by atoms with Gasteiger partial charge >= 0.3 is 0 Å². The van der Waals surface area contributed by atoms with Crippen LogP contribution in [0, 0.1) is 0 Å². The summed E-state index contributed by atoms with van der Waals surface area (Å²) in [6.45, 7) is 2.19. The fourth-order valence-electron chi connectivity index (χ4n) is 4.33. The highest BCUT2D eigenvalue weighted by Crippen LogP contribution is 2.40. The highest BCUT2D eigenvalue weighted by atomic mass is 16.5. The Morgan fingerprint density at radius 3 is 2.61 bits per heavy atom. The molecule has 0 spiro atoms. The maximum atomic E-state index is 12.6. The molecule has 1 amide bonds. The van der Waals surface area contributed by atoms with Crippen molar-refractivity contribution in [2.24, 2.45) is 0 Å². The summed E-state index contributed by atoms with van der Waals surface area (Å²) in [5.41, 5.74) is 5.73. The van der Waals surface area contributed by atoms with Crippen molar-refractivity contribution in [3.63, 3.8) is 0 Å². The van der Waals surface area contributed by atoms with Crippen LogP contribution in [0.25, 0.3) is 44.3 Å². The molecular weight excluding hydrogens is 480 g/mol. The number of likely N-dealkylation sites (N-methyl/N-ethyl adjacent to an activating group) is 1. The van der Waals surface area contributed by atoms with E-state index in [9.17, 15) is 4.79 Å². The predicted molar refractivity (Wildman–Crippen MR) is 148 cm³/mol.